The van der Waals surface area contributed by atoms with Crippen molar-refractivity contribution in [3.63, 3.8) is 0 Å². The van der Waals surface area contributed by atoms with Gasteiger partial charge in [-0.3, -0.25) is 0 Å². The van der Waals surface area contributed by atoms with Crippen LogP contribution >= 0.6 is 29.4 Å². The van der Waals surface area contributed by atoms with Gasteiger partial charge in [0.1, 0.15) is 0 Å². The molecule has 0 unspecified atom stereocenters. The Hall–Kier alpha value is -1.30. The third-order valence-corrected chi connectivity index (χ3v) is 4.74. The fourth-order valence-corrected chi connectivity index (χ4v) is 3.10. The summed E-state index contributed by atoms with van der Waals surface area (Å²) in [7, 11) is 1.37. The van der Waals surface area contributed by atoms with Crippen molar-refractivity contribution in [1.29, 1.82) is 0 Å². The number of hydrogen-bond donors (Lipinski definition) is 1. The van der Waals surface area contributed by atoms with Gasteiger partial charge in [0.05, 0.1) is 12.7 Å². The summed E-state index contributed by atoms with van der Waals surface area (Å²) in [6, 6.07) is 13.8. The summed E-state index contributed by atoms with van der Waals surface area (Å²) < 4.78 is 5.61. The highest BCUT2D eigenvalue weighted by Crippen LogP contribution is 2.26. The van der Waals surface area contributed by atoms with Gasteiger partial charge < -0.3 is 9.84 Å². The van der Waals surface area contributed by atoms with Crippen LogP contribution in [0.2, 0.25) is 0 Å². The molecule has 0 saturated carbocycles. The number of carbonyl (C=O) groups excluding carboxylic acids is 1. The molecule has 0 saturated heterocycles. The smallest absolute Gasteiger partial charge is 0.337 e. The quantitative estimate of drug-likeness (QED) is 0.719. The summed E-state index contributed by atoms with van der Waals surface area (Å²) in [6.45, 7) is 2.18. The molecule has 0 aliphatic rings. The summed E-state index contributed by atoms with van der Waals surface area (Å²) in [6.07, 6.45) is 1.66. The predicted molar refractivity (Wildman–Crippen MR) is 105 cm³/mol. The minimum Gasteiger partial charge on any atom is -0.465 e. The molecule has 2 aromatic carbocycles. The molecule has 130 valence electrons. The zero-order chi connectivity index (χ0) is 16.8. The van der Waals surface area contributed by atoms with Gasteiger partial charge in [0.25, 0.3) is 0 Å². The second-order valence-electron chi connectivity index (χ2n) is 5.63. The molecule has 0 fully saturated rings. The van der Waals surface area contributed by atoms with Gasteiger partial charge in [-0.1, -0.05) is 51.8 Å². The number of rotatable bonds is 6. The summed E-state index contributed by atoms with van der Waals surface area (Å²) >= 11 is 3.51. The molecule has 0 aliphatic carbocycles. The van der Waals surface area contributed by atoms with Gasteiger partial charge >= 0.3 is 5.97 Å². The van der Waals surface area contributed by atoms with Crippen molar-refractivity contribution in [1.82, 2.24) is 0 Å². The Morgan fingerprint density at radius 2 is 1.88 bits per heavy atom. The van der Waals surface area contributed by atoms with Crippen LogP contribution in [0, 0.1) is 6.92 Å². The predicted octanol–water partition coefficient (Wildman–Crippen LogP) is 4.37. The molecular weight excluding hydrogens is 388 g/mol. The van der Waals surface area contributed by atoms with E-state index < -0.39 is 0 Å². The molecule has 2 aromatic rings. The number of ether oxygens (including phenoxy) is 1. The average Bonchev–Trinajstić information content (AvgIpc) is 2.57. The molecule has 0 heterocycles. The highest BCUT2D eigenvalue weighted by molar-refractivity contribution is 9.10. The van der Waals surface area contributed by atoms with E-state index in [-0.39, 0.29) is 32.0 Å². The van der Waals surface area contributed by atoms with Crippen LogP contribution in [-0.2, 0) is 11.2 Å². The third-order valence-electron chi connectivity index (χ3n) is 4.01. The maximum atomic E-state index is 11.5. The summed E-state index contributed by atoms with van der Waals surface area (Å²) in [5.74, 6) is -0.229. The van der Waals surface area contributed by atoms with Crippen molar-refractivity contribution in [3.8, 4) is 0 Å². The van der Waals surface area contributed by atoms with Crippen molar-refractivity contribution in [2.24, 2.45) is 0 Å². The van der Waals surface area contributed by atoms with E-state index in [1.54, 1.807) is 12.1 Å². The fourth-order valence-electron chi connectivity index (χ4n) is 2.53. The van der Waals surface area contributed by atoms with Gasteiger partial charge in [-0.15, -0.1) is 0 Å². The number of halogens is 1. The van der Waals surface area contributed by atoms with Gasteiger partial charge in [0.2, 0.25) is 0 Å². The first kappa shape index (κ1) is 20.7. The Kier molecular flexibility index (Phi) is 8.53. The number of aliphatic hydroxyl groups is 1. The molecule has 0 amide bonds. The van der Waals surface area contributed by atoms with E-state index in [9.17, 15) is 9.90 Å². The number of carbonyl (C=O) groups is 1. The first-order valence-corrected chi connectivity index (χ1v) is 8.38. The molecule has 0 aliphatic heterocycles. The van der Waals surface area contributed by atoms with Gasteiger partial charge in [-0.05, 0) is 43.0 Å². The van der Waals surface area contributed by atoms with Gasteiger partial charge in [0.15, 0.2) is 0 Å². The first-order valence-electron chi connectivity index (χ1n) is 7.59. The van der Waals surface area contributed by atoms with Crippen molar-refractivity contribution in [3.05, 3.63) is 69.2 Å². The van der Waals surface area contributed by atoms with Crippen LogP contribution < -0.4 is 0 Å². The second-order valence-corrected chi connectivity index (χ2v) is 6.48. The lowest BCUT2D eigenvalue weighted by Gasteiger charge is -2.15. The van der Waals surface area contributed by atoms with Crippen LogP contribution in [0.3, 0.4) is 0 Å². The number of aliphatic hydroxyl groups excluding tert-OH is 1. The van der Waals surface area contributed by atoms with Crippen LogP contribution in [0.15, 0.2) is 46.9 Å². The van der Waals surface area contributed by atoms with E-state index in [0.717, 1.165) is 28.4 Å². The number of methoxy groups -OCH3 is 1. The topological polar surface area (TPSA) is 46.5 Å². The molecule has 5 heteroatoms. The summed E-state index contributed by atoms with van der Waals surface area (Å²) in [5, 5.41) is 9.67. The molecule has 0 aromatic heterocycles. The molecule has 0 spiro atoms. The maximum absolute atomic E-state index is 11.5. The van der Waals surface area contributed by atoms with Crippen LogP contribution in [-0.4, -0.2) is 24.8 Å². The third kappa shape index (κ3) is 5.36. The van der Waals surface area contributed by atoms with Gasteiger partial charge in [-0.2, -0.15) is 13.5 Å². The van der Waals surface area contributed by atoms with Gasteiger partial charge in [0, 0.05) is 17.0 Å². The highest BCUT2D eigenvalue weighted by Gasteiger charge is 2.13. The minimum atomic E-state index is -0.342. The van der Waals surface area contributed by atoms with Gasteiger partial charge in [-0.25, -0.2) is 4.79 Å². The summed E-state index contributed by atoms with van der Waals surface area (Å²) in [4.78, 5) is 11.5. The standard InChI is InChI=1S/C19H21BrO3.H2S/c1-13-3-5-14(6-4-13)17(12-21)10-8-15-7-9-16(11-18(15)20)19(22)23-2;/h3-7,9,11,17,21H,8,10,12H2,1-2H3;1H2/t17-;/m1./s1. The normalized spacial score (nSPS) is 11.5. The van der Waals surface area contributed by atoms with Crippen molar-refractivity contribution in [2.75, 3.05) is 13.7 Å². The minimum absolute atomic E-state index is 0. The highest BCUT2D eigenvalue weighted by atomic mass is 79.9. The number of aryl methyl sites for hydroxylation is 2. The molecule has 1 N–H and O–H groups in total. The van der Waals surface area contributed by atoms with E-state index in [0.29, 0.717) is 5.56 Å². The zero-order valence-corrected chi connectivity index (χ0v) is 16.5. The SMILES string of the molecule is COC(=O)c1ccc(CC[C@H](CO)c2ccc(C)cc2)c(Br)c1.S. The fraction of sp³-hybridized carbons (Fsp3) is 0.316. The van der Waals surface area contributed by atoms with Crippen molar-refractivity contribution < 1.29 is 14.6 Å². The monoisotopic (exact) mass is 410 g/mol. The van der Waals surface area contributed by atoms with Crippen LogP contribution in [0.4, 0.5) is 0 Å². The van der Waals surface area contributed by atoms with E-state index >= 15 is 0 Å². The van der Waals surface area contributed by atoms with E-state index in [4.69, 9.17) is 4.74 Å². The maximum Gasteiger partial charge on any atom is 0.337 e. The van der Waals surface area contributed by atoms with E-state index in [2.05, 4.69) is 47.1 Å². The molecule has 1 atom stereocenters. The Bertz CT molecular complexity index is 671. The van der Waals surface area contributed by atoms with E-state index in [1.165, 1.54) is 12.7 Å². The largest absolute Gasteiger partial charge is 0.465 e. The molecule has 0 radical (unpaired) electrons. The number of benzene rings is 2. The molecule has 24 heavy (non-hydrogen) atoms. The number of esters is 1. The Morgan fingerprint density at radius 3 is 2.42 bits per heavy atom. The molecule has 0 bridgehead atoms. The van der Waals surface area contributed by atoms with Crippen molar-refractivity contribution >= 4 is 35.4 Å². The molecule has 2 rings (SSSR count). The Labute approximate surface area is 158 Å². The Balaban J connectivity index is 0.00000288. The van der Waals surface area contributed by atoms with Crippen LogP contribution in [0.1, 0.15) is 39.4 Å². The summed E-state index contributed by atoms with van der Waals surface area (Å²) in [5.41, 5.74) is 4.01. The molecule has 3 nitrogen and oxygen atoms in total. The average molecular weight is 411 g/mol. The molecular formula is C19H23BrO3S. The zero-order valence-electron chi connectivity index (χ0n) is 13.9. The van der Waals surface area contributed by atoms with E-state index in [1.807, 2.05) is 6.07 Å². The lowest BCUT2D eigenvalue weighted by molar-refractivity contribution is 0.0600. The Morgan fingerprint density at radius 1 is 1.21 bits per heavy atom. The first-order chi connectivity index (χ1) is 11.0. The van der Waals surface area contributed by atoms with Crippen LogP contribution in [0.5, 0.6) is 0 Å². The lowest BCUT2D eigenvalue weighted by atomic mass is 9.92. The van der Waals surface area contributed by atoms with Crippen molar-refractivity contribution in [2.45, 2.75) is 25.7 Å². The number of hydrogen-bond acceptors (Lipinski definition) is 3. The second kappa shape index (κ2) is 9.87. The lowest BCUT2D eigenvalue weighted by Crippen LogP contribution is -2.07. The van der Waals surface area contributed by atoms with Crippen LogP contribution in [0.25, 0.3) is 0 Å².